The Hall–Kier alpha value is -2.57. The Balaban J connectivity index is 2.20. The van der Waals surface area contributed by atoms with Gasteiger partial charge in [0.2, 0.25) is 5.91 Å². The number of nitrogens with zero attached hydrogens (tertiary/aromatic N) is 1. The number of aliphatic carboxylic acids is 1. The highest BCUT2D eigenvalue weighted by atomic mass is 35.5. The molecule has 1 aliphatic heterocycles. The molecule has 1 amide bonds. The largest absolute Gasteiger partial charge is 0.481 e. The lowest BCUT2D eigenvalue weighted by Crippen LogP contribution is -2.54. The smallest absolute Gasteiger partial charge is 0.328 e. The first-order chi connectivity index (χ1) is 15.8. The van der Waals surface area contributed by atoms with E-state index in [1.54, 1.807) is 25.1 Å². The molecule has 3 rings (SSSR count). The zero-order chi connectivity index (χ0) is 24.1. The van der Waals surface area contributed by atoms with E-state index in [0.717, 1.165) is 11.1 Å². The number of rotatable bonds is 8. The van der Waals surface area contributed by atoms with Gasteiger partial charge in [-0.1, -0.05) is 54.4 Å². The van der Waals surface area contributed by atoms with Crippen molar-refractivity contribution >= 4 is 41.0 Å². The van der Waals surface area contributed by atoms with Crippen LogP contribution in [0.3, 0.4) is 0 Å². The van der Waals surface area contributed by atoms with E-state index in [1.165, 1.54) is 4.90 Å². The molecule has 1 fully saturated rings. The Labute approximate surface area is 203 Å². The lowest BCUT2D eigenvalue weighted by atomic mass is 9.74. The summed E-state index contributed by atoms with van der Waals surface area (Å²) < 4.78 is 5.28. The lowest BCUT2D eigenvalue weighted by Gasteiger charge is -2.47. The van der Waals surface area contributed by atoms with Gasteiger partial charge < -0.3 is 14.7 Å². The van der Waals surface area contributed by atoms with Crippen molar-refractivity contribution in [3.8, 4) is 0 Å². The van der Waals surface area contributed by atoms with Crippen LogP contribution in [0.1, 0.15) is 56.2 Å². The van der Waals surface area contributed by atoms with Crippen LogP contribution < -0.4 is 0 Å². The number of carboxylic acid groups (broad SMARTS) is 1. The van der Waals surface area contributed by atoms with Crippen molar-refractivity contribution < 1.29 is 24.2 Å². The molecule has 8 heteroatoms. The van der Waals surface area contributed by atoms with Crippen LogP contribution in [0.25, 0.3) is 0 Å². The molecule has 0 bridgehead atoms. The fourth-order valence-electron chi connectivity index (χ4n) is 4.63. The molecule has 1 heterocycles. The normalized spacial score (nSPS) is 21.5. The number of hydrogen-bond donors (Lipinski definition) is 1. The SMILES string of the molecule is CCOC(=O)C(CC)N1C(=O)C(CC(=O)O)CC(c2cccc(Cl)c2)C1c1ccc(Cl)cc1. The number of likely N-dealkylation sites (tertiary alicyclic amines) is 1. The van der Waals surface area contributed by atoms with Gasteiger partial charge in [0.25, 0.3) is 0 Å². The summed E-state index contributed by atoms with van der Waals surface area (Å²) in [5.41, 5.74) is 1.67. The summed E-state index contributed by atoms with van der Waals surface area (Å²) >= 11 is 12.4. The minimum Gasteiger partial charge on any atom is -0.481 e. The van der Waals surface area contributed by atoms with Crippen molar-refractivity contribution in [3.05, 3.63) is 69.7 Å². The fraction of sp³-hybridized carbons (Fsp3) is 0.400. The molecule has 176 valence electrons. The summed E-state index contributed by atoms with van der Waals surface area (Å²) in [6, 6.07) is 13.1. The third-order valence-corrected chi connectivity index (χ3v) is 6.50. The van der Waals surface area contributed by atoms with Crippen molar-refractivity contribution in [2.24, 2.45) is 5.92 Å². The number of carbonyl (C=O) groups is 3. The standard InChI is InChI=1S/C25H27Cl2NO5/c1-3-21(25(32)33-4-2)28-23(15-8-10-18(26)11-9-15)20(16-6-5-7-19(27)12-16)13-17(24(28)31)14-22(29)30/h5-12,17,20-21,23H,3-4,13-14H2,1-2H3,(H,29,30). The Morgan fingerprint density at radius 2 is 1.79 bits per heavy atom. The number of carboxylic acids is 1. The molecular formula is C25H27Cl2NO5. The average Bonchev–Trinajstić information content (AvgIpc) is 2.77. The Kier molecular flexibility index (Phi) is 8.38. The maximum Gasteiger partial charge on any atom is 0.328 e. The van der Waals surface area contributed by atoms with Crippen LogP contribution in [-0.4, -0.2) is 40.5 Å². The highest BCUT2D eigenvalue weighted by molar-refractivity contribution is 6.30. The predicted octanol–water partition coefficient (Wildman–Crippen LogP) is 5.48. The molecule has 4 atom stereocenters. The Morgan fingerprint density at radius 3 is 2.36 bits per heavy atom. The van der Waals surface area contributed by atoms with E-state index in [9.17, 15) is 19.5 Å². The van der Waals surface area contributed by atoms with E-state index in [-0.39, 0.29) is 24.9 Å². The van der Waals surface area contributed by atoms with Gasteiger partial charge >= 0.3 is 11.9 Å². The maximum atomic E-state index is 13.7. The van der Waals surface area contributed by atoms with E-state index >= 15 is 0 Å². The van der Waals surface area contributed by atoms with Crippen molar-refractivity contribution in [1.82, 2.24) is 4.90 Å². The molecule has 1 saturated heterocycles. The van der Waals surface area contributed by atoms with Gasteiger partial charge in [0.15, 0.2) is 0 Å². The minimum atomic E-state index is -1.06. The highest BCUT2D eigenvalue weighted by Gasteiger charge is 2.48. The first-order valence-corrected chi connectivity index (χ1v) is 11.7. The van der Waals surface area contributed by atoms with Gasteiger partial charge in [-0.25, -0.2) is 4.79 Å². The van der Waals surface area contributed by atoms with E-state index < -0.39 is 29.9 Å². The van der Waals surface area contributed by atoms with E-state index in [1.807, 2.05) is 37.3 Å². The second-order valence-corrected chi connectivity index (χ2v) is 8.98. The molecule has 0 aliphatic carbocycles. The van der Waals surface area contributed by atoms with Crippen LogP contribution in [-0.2, 0) is 19.1 Å². The van der Waals surface area contributed by atoms with E-state index in [2.05, 4.69) is 0 Å². The van der Waals surface area contributed by atoms with Gasteiger partial charge in [-0.05, 0) is 55.2 Å². The van der Waals surface area contributed by atoms with Crippen LogP contribution in [0.4, 0.5) is 0 Å². The van der Waals surface area contributed by atoms with Gasteiger partial charge in [0.1, 0.15) is 6.04 Å². The number of halogens is 2. The first-order valence-electron chi connectivity index (χ1n) is 11.0. The van der Waals surface area contributed by atoms with E-state index in [0.29, 0.717) is 22.9 Å². The van der Waals surface area contributed by atoms with Gasteiger partial charge in [-0.15, -0.1) is 0 Å². The summed E-state index contributed by atoms with van der Waals surface area (Å²) in [7, 11) is 0. The molecular weight excluding hydrogens is 465 g/mol. The van der Waals surface area contributed by atoms with Gasteiger partial charge in [-0.2, -0.15) is 0 Å². The summed E-state index contributed by atoms with van der Waals surface area (Å²) in [6.45, 7) is 3.70. The first kappa shape index (κ1) is 25.1. The van der Waals surface area contributed by atoms with E-state index in [4.69, 9.17) is 27.9 Å². The van der Waals surface area contributed by atoms with Gasteiger partial charge in [0.05, 0.1) is 19.1 Å². The lowest BCUT2D eigenvalue weighted by molar-refractivity contribution is -0.163. The molecule has 0 saturated carbocycles. The second-order valence-electron chi connectivity index (χ2n) is 8.11. The number of hydrogen-bond acceptors (Lipinski definition) is 4. The summed E-state index contributed by atoms with van der Waals surface area (Å²) in [5.74, 6) is -3.00. The van der Waals surface area contributed by atoms with Crippen LogP contribution in [0.5, 0.6) is 0 Å². The third-order valence-electron chi connectivity index (χ3n) is 6.01. The molecule has 1 N–H and O–H groups in total. The number of amides is 1. The minimum absolute atomic E-state index is 0.180. The predicted molar refractivity (Wildman–Crippen MR) is 126 cm³/mol. The monoisotopic (exact) mass is 491 g/mol. The van der Waals surface area contributed by atoms with Crippen molar-refractivity contribution in [1.29, 1.82) is 0 Å². The summed E-state index contributed by atoms with van der Waals surface area (Å²) in [4.78, 5) is 39.7. The van der Waals surface area contributed by atoms with Crippen LogP contribution in [0, 0.1) is 5.92 Å². The molecule has 4 unspecified atom stereocenters. The second kappa shape index (κ2) is 11.0. The Morgan fingerprint density at radius 1 is 1.09 bits per heavy atom. The number of carbonyl (C=O) groups excluding carboxylic acids is 2. The molecule has 2 aromatic carbocycles. The molecule has 2 aromatic rings. The molecule has 33 heavy (non-hydrogen) atoms. The topological polar surface area (TPSA) is 83.9 Å². The number of esters is 1. The van der Waals surface area contributed by atoms with Crippen molar-refractivity contribution in [2.75, 3.05) is 6.61 Å². The van der Waals surface area contributed by atoms with Crippen LogP contribution in [0.15, 0.2) is 48.5 Å². The average molecular weight is 492 g/mol. The molecule has 6 nitrogen and oxygen atoms in total. The Bertz CT molecular complexity index is 1010. The maximum absolute atomic E-state index is 13.7. The molecule has 0 spiro atoms. The molecule has 1 aliphatic rings. The zero-order valence-electron chi connectivity index (χ0n) is 18.5. The summed E-state index contributed by atoms with van der Waals surface area (Å²) in [5, 5.41) is 10.6. The highest BCUT2D eigenvalue weighted by Crippen LogP contribution is 2.47. The van der Waals surface area contributed by atoms with Crippen molar-refractivity contribution in [2.45, 2.75) is 51.1 Å². The van der Waals surface area contributed by atoms with Gasteiger partial charge in [-0.3, -0.25) is 9.59 Å². The zero-order valence-corrected chi connectivity index (χ0v) is 20.1. The number of piperidine rings is 1. The quantitative estimate of drug-likeness (QED) is 0.494. The number of ether oxygens (including phenoxy) is 1. The van der Waals surface area contributed by atoms with Crippen LogP contribution in [0.2, 0.25) is 10.0 Å². The van der Waals surface area contributed by atoms with Gasteiger partial charge in [0, 0.05) is 21.9 Å². The number of benzene rings is 2. The third kappa shape index (κ3) is 5.68. The summed E-state index contributed by atoms with van der Waals surface area (Å²) in [6.07, 6.45) is 0.324. The molecule has 0 radical (unpaired) electrons. The van der Waals surface area contributed by atoms with Crippen molar-refractivity contribution in [3.63, 3.8) is 0 Å². The fourth-order valence-corrected chi connectivity index (χ4v) is 4.96. The molecule has 0 aromatic heterocycles. The van der Waals surface area contributed by atoms with Crippen LogP contribution >= 0.6 is 23.2 Å².